The van der Waals surface area contributed by atoms with Gasteiger partial charge in [0.1, 0.15) is 0 Å². The van der Waals surface area contributed by atoms with Gasteiger partial charge in [-0.2, -0.15) is 0 Å². The van der Waals surface area contributed by atoms with Crippen LogP contribution in [0.1, 0.15) is 11.3 Å². The Hall–Kier alpha value is -2.71. The molecule has 8 heteroatoms. The minimum atomic E-state index is -3.31. The van der Waals surface area contributed by atoms with Gasteiger partial charge >= 0.3 is 0 Å². The molecule has 1 amide bonds. The third kappa shape index (κ3) is 7.59. The molecular formula is C19H23N3O4S. The Kier molecular flexibility index (Phi) is 7.51. The number of carbonyl (C=O) groups is 1. The second-order valence-electron chi connectivity index (χ2n) is 5.90. The number of nitrogens with zero attached hydrogens (tertiary/aromatic N) is 2. The summed E-state index contributed by atoms with van der Waals surface area (Å²) in [6, 6.07) is 12.3. The number of rotatable bonds is 9. The highest BCUT2D eigenvalue weighted by atomic mass is 32.2. The normalized spacial score (nSPS) is 11.5. The summed E-state index contributed by atoms with van der Waals surface area (Å²) in [7, 11) is -1.72. The zero-order valence-corrected chi connectivity index (χ0v) is 16.1. The van der Waals surface area contributed by atoms with Crippen LogP contribution < -0.4 is 4.72 Å². The van der Waals surface area contributed by atoms with Gasteiger partial charge in [0, 0.05) is 31.6 Å². The molecule has 0 fully saturated rings. The molecule has 0 saturated carbocycles. The van der Waals surface area contributed by atoms with E-state index in [0.29, 0.717) is 25.4 Å². The van der Waals surface area contributed by atoms with E-state index in [1.807, 2.05) is 18.2 Å². The summed E-state index contributed by atoms with van der Waals surface area (Å²) in [5.41, 5.74) is 2.05. The van der Waals surface area contributed by atoms with Crippen molar-refractivity contribution in [2.45, 2.75) is 6.54 Å². The topological polar surface area (TPSA) is 88.6 Å². The number of amides is 1. The first-order chi connectivity index (χ1) is 12.9. The molecule has 144 valence electrons. The van der Waals surface area contributed by atoms with Crippen molar-refractivity contribution in [3.63, 3.8) is 0 Å². The van der Waals surface area contributed by atoms with Crippen molar-refractivity contribution in [3.8, 4) is 0 Å². The summed E-state index contributed by atoms with van der Waals surface area (Å²) in [4.78, 5) is 18.5. The van der Waals surface area contributed by atoms with E-state index in [1.165, 1.54) is 6.08 Å². The molecule has 2 aromatic rings. The van der Waals surface area contributed by atoms with Gasteiger partial charge in [0.25, 0.3) is 0 Å². The molecule has 0 saturated heterocycles. The Morgan fingerprint density at radius 3 is 2.56 bits per heavy atom. The van der Waals surface area contributed by atoms with E-state index in [-0.39, 0.29) is 5.91 Å². The summed E-state index contributed by atoms with van der Waals surface area (Å²) in [6.45, 7) is 1.27. The standard InChI is InChI=1S/C19H23N3O4S/c1-26-14-13-22(15-18-5-3-4-12-20-18)19(23)11-8-16-6-9-17(10-7-16)21-27(2,24)25/h3-12,21H,13-15H2,1-2H3/b11-8+. The Morgan fingerprint density at radius 2 is 1.96 bits per heavy atom. The number of aromatic nitrogens is 1. The molecule has 1 N–H and O–H groups in total. The van der Waals surface area contributed by atoms with Gasteiger partial charge in [-0.05, 0) is 35.9 Å². The molecule has 0 aliphatic rings. The monoisotopic (exact) mass is 389 g/mol. The average molecular weight is 389 g/mol. The van der Waals surface area contributed by atoms with Crippen LogP contribution in [0.2, 0.25) is 0 Å². The summed E-state index contributed by atoms with van der Waals surface area (Å²) in [5, 5.41) is 0. The molecule has 1 heterocycles. The molecule has 0 spiro atoms. The zero-order valence-electron chi connectivity index (χ0n) is 15.3. The van der Waals surface area contributed by atoms with E-state index in [9.17, 15) is 13.2 Å². The van der Waals surface area contributed by atoms with Crippen molar-refractivity contribution < 1.29 is 17.9 Å². The lowest BCUT2D eigenvalue weighted by atomic mass is 10.2. The quantitative estimate of drug-likeness (QED) is 0.664. The molecule has 0 radical (unpaired) electrons. The van der Waals surface area contributed by atoms with Gasteiger partial charge in [-0.25, -0.2) is 8.42 Å². The summed E-state index contributed by atoms with van der Waals surface area (Å²) in [6.07, 6.45) is 5.95. The Balaban J connectivity index is 2.04. The van der Waals surface area contributed by atoms with Gasteiger partial charge in [-0.1, -0.05) is 18.2 Å². The largest absolute Gasteiger partial charge is 0.383 e. The maximum Gasteiger partial charge on any atom is 0.247 e. The van der Waals surface area contributed by atoms with E-state index in [0.717, 1.165) is 17.5 Å². The minimum absolute atomic E-state index is 0.156. The first-order valence-corrected chi connectivity index (χ1v) is 10.2. The lowest BCUT2D eigenvalue weighted by molar-refractivity contribution is -0.127. The van der Waals surface area contributed by atoms with Crippen molar-refractivity contribution in [2.24, 2.45) is 0 Å². The third-order valence-electron chi connectivity index (χ3n) is 3.59. The lowest BCUT2D eigenvalue weighted by Crippen LogP contribution is -2.32. The van der Waals surface area contributed by atoms with E-state index in [1.54, 1.807) is 48.5 Å². The van der Waals surface area contributed by atoms with Crippen LogP contribution in [0.3, 0.4) is 0 Å². The van der Waals surface area contributed by atoms with Crippen LogP contribution in [0.5, 0.6) is 0 Å². The number of hydrogen-bond acceptors (Lipinski definition) is 5. The summed E-state index contributed by atoms with van der Waals surface area (Å²) >= 11 is 0. The van der Waals surface area contributed by atoms with Crippen LogP contribution in [-0.2, 0) is 26.1 Å². The second-order valence-corrected chi connectivity index (χ2v) is 7.65. The predicted octanol–water partition coefficient (Wildman–Crippen LogP) is 2.14. The molecule has 2 rings (SSSR count). The van der Waals surface area contributed by atoms with Crippen LogP contribution in [0.25, 0.3) is 6.08 Å². The van der Waals surface area contributed by atoms with Crippen LogP contribution >= 0.6 is 0 Å². The summed E-state index contributed by atoms with van der Waals surface area (Å²) < 4.78 is 29.9. The molecule has 27 heavy (non-hydrogen) atoms. The molecule has 0 aliphatic carbocycles. The molecule has 7 nitrogen and oxygen atoms in total. The smallest absolute Gasteiger partial charge is 0.247 e. The first-order valence-electron chi connectivity index (χ1n) is 8.31. The number of ether oxygens (including phenoxy) is 1. The number of sulfonamides is 1. The first kappa shape index (κ1) is 20.6. The average Bonchev–Trinajstić information content (AvgIpc) is 2.64. The van der Waals surface area contributed by atoms with Gasteiger partial charge in [-0.3, -0.25) is 14.5 Å². The summed E-state index contributed by atoms with van der Waals surface area (Å²) in [5.74, 6) is -0.156. The number of pyridine rings is 1. The number of benzene rings is 1. The zero-order chi connectivity index (χ0) is 19.7. The number of anilines is 1. The fourth-order valence-corrected chi connectivity index (χ4v) is 2.87. The van der Waals surface area contributed by atoms with E-state index in [4.69, 9.17) is 4.74 Å². The number of methoxy groups -OCH3 is 1. The molecular weight excluding hydrogens is 366 g/mol. The van der Waals surface area contributed by atoms with Gasteiger partial charge in [-0.15, -0.1) is 0 Å². The van der Waals surface area contributed by atoms with Crippen LogP contribution in [0.4, 0.5) is 5.69 Å². The van der Waals surface area contributed by atoms with Crippen molar-refractivity contribution in [3.05, 3.63) is 66.0 Å². The number of carbonyl (C=O) groups excluding carboxylic acids is 1. The lowest BCUT2D eigenvalue weighted by Gasteiger charge is -2.20. The van der Waals surface area contributed by atoms with Crippen molar-refractivity contribution in [1.82, 2.24) is 9.88 Å². The highest BCUT2D eigenvalue weighted by Crippen LogP contribution is 2.12. The van der Waals surface area contributed by atoms with Crippen LogP contribution in [0, 0.1) is 0 Å². The minimum Gasteiger partial charge on any atom is -0.383 e. The van der Waals surface area contributed by atoms with Crippen LogP contribution in [0.15, 0.2) is 54.7 Å². The maximum absolute atomic E-state index is 12.5. The highest BCUT2D eigenvalue weighted by Gasteiger charge is 2.11. The molecule has 0 aliphatic heterocycles. The SMILES string of the molecule is COCCN(Cc1ccccn1)C(=O)/C=C/c1ccc(NS(C)(=O)=O)cc1. The van der Waals surface area contributed by atoms with Crippen LogP contribution in [-0.4, -0.2) is 50.7 Å². The molecule has 0 unspecified atom stereocenters. The fraction of sp³-hybridized carbons (Fsp3) is 0.263. The Morgan fingerprint density at radius 1 is 1.22 bits per heavy atom. The highest BCUT2D eigenvalue weighted by molar-refractivity contribution is 7.92. The molecule has 1 aromatic carbocycles. The van der Waals surface area contributed by atoms with Gasteiger partial charge < -0.3 is 9.64 Å². The van der Waals surface area contributed by atoms with E-state index < -0.39 is 10.0 Å². The Labute approximate surface area is 159 Å². The number of nitrogens with one attached hydrogen (secondary N) is 1. The second kappa shape index (κ2) is 9.84. The van der Waals surface area contributed by atoms with Gasteiger partial charge in [0.05, 0.1) is 25.1 Å². The maximum atomic E-state index is 12.5. The fourth-order valence-electron chi connectivity index (χ4n) is 2.31. The van der Waals surface area contributed by atoms with Crippen molar-refractivity contribution in [1.29, 1.82) is 0 Å². The molecule has 0 bridgehead atoms. The molecule has 1 aromatic heterocycles. The molecule has 0 atom stereocenters. The van der Waals surface area contributed by atoms with Gasteiger partial charge in [0.15, 0.2) is 0 Å². The van der Waals surface area contributed by atoms with E-state index in [2.05, 4.69) is 9.71 Å². The van der Waals surface area contributed by atoms with Crippen molar-refractivity contribution in [2.75, 3.05) is 31.2 Å². The van der Waals surface area contributed by atoms with E-state index >= 15 is 0 Å². The Bertz CT molecular complexity index is 866. The third-order valence-corrected chi connectivity index (χ3v) is 4.19. The predicted molar refractivity (Wildman–Crippen MR) is 105 cm³/mol. The van der Waals surface area contributed by atoms with Gasteiger partial charge in [0.2, 0.25) is 15.9 Å². The number of hydrogen-bond donors (Lipinski definition) is 1. The van der Waals surface area contributed by atoms with Crippen molar-refractivity contribution >= 4 is 27.7 Å².